The van der Waals surface area contributed by atoms with Crippen molar-refractivity contribution < 1.29 is 0 Å². The second-order valence-electron chi connectivity index (χ2n) is 32.7. The maximum absolute atomic E-state index is 2.62. The van der Waals surface area contributed by atoms with Gasteiger partial charge in [-0.15, -0.1) is 27.3 Å². The van der Waals surface area contributed by atoms with Crippen molar-refractivity contribution in [2.24, 2.45) is 0 Å². The van der Waals surface area contributed by atoms with Gasteiger partial charge in [0.1, 0.15) is 70.6 Å². The average Bonchev–Trinajstić information content (AvgIpc) is 1.59. The van der Waals surface area contributed by atoms with Gasteiger partial charge in [0.25, 0.3) is 0 Å². The highest BCUT2D eigenvalue weighted by molar-refractivity contribution is 6.75. The highest BCUT2D eigenvalue weighted by Gasteiger charge is 2.34. The number of benzene rings is 9. The molecule has 2 aromatic heterocycles. The lowest BCUT2D eigenvalue weighted by molar-refractivity contribution is 0.568. The van der Waals surface area contributed by atoms with Crippen LogP contribution in [0.4, 0.5) is 0 Å². The average molecular weight is 1150 g/mol. The van der Waals surface area contributed by atoms with E-state index in [1.165, 1.54) is 176 Å². The molecule has 12 heteroatoms. The van der Waals surface area contributed by atoms with Crippen molar-refractivity contribution in [3.63, 3.8) is 0 Å². The third kappa shape index (κ3) is 10.8. The van der Waals surface area contributed by atoms with Crippen molar-refractivity contribution in [2.45, 2.75) is 150 Å². The van der Waals surface area contributed by atoms with E-state index < -0.39 is 0 Å². The molecule has 440 valence electrons. The summed E-state index contributed by atoms with van der Waals surface area (Å²) in [6.45, 7) is 40.7. The quantitative estimate of drug-likeness (QED) is 0.196. The monoisotopic (exact) mass is 1150 g/mol. The SMILES string of the molecule is Bc1c(B)c(B)c(-c2cccc3c2c2c(C(C)(C)C)cccc2n3-c2cc(C(C)(C)C)cc(C(C)(C)Bc3c(B)c(B)c(B)c(-c4cccc5c4c4c(C(C)(C)C)c(-c6ccccc6)ccc4n5-c4cc(C(C)(C)C)cc(C(C)(C)C)c4)c3B)c2)c(B)c1B. The molecular formula is C77H92B10N2. The van der Waals surface area contributed by atoms with Crippen LogP contribution in [-0.4, -0.2) is 87.0 Å². The van der Waals surface area contributed by atoms with Crippen LogP contribution >= 0.6 is 0 Å². The van der Waals surface area contributed by atoms with E-state index in [4.69, 9.17) is 0 Å². The first-order chi connectivity index (χ1) is 41.3. The summed E-state index contributed by atoms with van der Waals surface area (Å²) in [5.41, 5.74) is 36.9. The van der Waals surface area contributed by atoms with E-state index in [0.717, 1.165) is 7.28 Å². The van der Waals surface area contributed by atoms with E-state index >= 15 is 0 Å². The second kappa shape index (κ2) is 22.0. The molecule has 0 aliphatic carbocycles. The Kier molecular flexibility index (Phi) is 15.8. The van der Waals surface area contributed by atoms with Gasteiger partial charge in [0, 0.05) is 32.9 Å². The summed E-state index contributed by atoms with van der Waals surface area (Å²) in [4.78, 5) is 0. The Bertz CT molecular complexity index is 4660. The Hall–Kier alpha value is -6.77. The van der Waals surface area contributed by atoms with Gasteiger partial charge >= 0.3 is 0 Å². The molecule has 0 aliphatic rings. The van der Waals surface area contributed by atoms with Crippen LogP contribution in [0.2, 0.25) is 0 Å². The first-order valence-corrected chi connectivity index (χ1v) is 33.1. The Labute approximate surface area is 543 Å². The molecule has 9 aromatic carbocycles. The van der Waals surface area contributed by atoms with Crippen LogP contribution < -0.4 is 54.6 Å². The summed E-state index contributed by atoms with van der Waals surface area (Å²) < 4.78 is 5.24. The number of hydrogen-bond donors (Lipinski definition) is 0. The maximum atomic E-state index is 2.62. The van der Waals surface area contributed by atoms with Crippen molar-refractivity contribution in [3.8, 4) is 44.8 Å². The van der Waals surface area contributed by atoms with Crippen LogP contribution in [0, 0.1) is 0 Å². The van der Waals surface area contributed by atoms with Gasteiger partial charge in [-0.1, -0.05) is 230 Å². The molecule has 0 bridgehead atoms. The minimum atomic E-state index is -0.273. The highest BCUT2D eigenvalue weighted by Crippen LogP contribution is 2.48. The highest BCUT2D eigenvalue weighted by atomic mass is 15.0. The molecule has 2 heterocycles. The zero-order chi connectivity index (χ0) is 64.9. The molecule has 0 saturated carbocycles. The van der Waals surface area contributed by atoms with Crippen molar-refractivity contribution in [2.75, 3.05) is 0 Å². The van der Waals surface area contributed by atoms with E-state index in [2.05, 4.69) is 331 Å². The number of hydrogen-bond acceptors (Lipinski definition) is 0. The van der Waals surface area contributed by atoms with Crippen molar-refractivity contribution in [1.82, 2.24) is 9.13 Å². The largest absolute Gasteiger partial charge is 0.309 e. The predicted octanol–water partition coefficient (Wildman–Crippen LogP) is 4.69. The van der Waals surface area contributed by atoms with Gasteiger partial charge in [-0.2, -0.15) is 0 Å². The Morgan fingerprint density at radius 3 is 1.16 bits per heavy atom. The topological polar surface area (TPSA) is 9.86 Å². The Morgan fingerprint density at radius 2 is 0.697 bits per heavy atom. The lowest BCUT2D eigenvalue weighted by atomic mass is 9.42. The van der Waals surface area contributed by atoms with Crippen molar-refractivity contribution in [1.29, 1.82) is 0 Å². The molecule has 11 aromatic rings. The van der Waals surface area contributed by atoms with Crippen LogP contribution in [0.5, 0.6) is 0 Å². The molecule has 0 N–H and O–H groups in total. The molecular weight excluding hydrogens is 1060 g/mol. The van der Waals surface area contributed by atoms with Gasteiger partial charge in [-0.05, 0) is 148 Å². The molecule has 0 spiro atoms. The fraction of sp³-hybridized carbons (Fsp3) is 0.299. The Morgan fingerprint density at radius 1 is 0.303 bits per heavy atom. The fourth-order valence-corrected chi connectivity index (χ4v) is 15.2. The second-order valence-corrected chi connectivity index (χ2v) is 32.7. The molecule has 11 rings (SSSR count). The number of fused-ring (bicyclic) bond motifs is 6. The van der Waals surface area contributed by atoms with Gasteiger partial charge < -0.3 is 9.13 Å². The summed E-state index contributed by atoms with van der Waals surface area (Å²) in [6.07, 6.45) is 0. The smallest absolute Gasteiger partial charge is 0.167 e. The summed E-state index contributed by atoms with van der Waals surface area (Å²) in [6, 6.07) is 52.3. The van der Waals surface area contributed by atoms with Crippen LogP contribution in [0.1, 0.15) is 151 Å². The van der Waals surface area contributed by atoms with E-state index in [-0.39, 0.29) is 32.4 Å². The lowest BCUT2D eigenvalue weighted by Crippen LogP contribution is -2.59. The van der Waals surface area contributed by atoms with E-state index in [9.17, 15) is 0 Å². The number of nitrogens with zero attached hydrogens (tertiary/aromatic N) is 2. The number of rotatable bonds is 8. The van der Waals surface area contributed by atoms with E-state index in [1.54, 1.807) is 0 Å². The van der Waals surface area contributed by atoms with E-state index in [0.29, 0.717) is 0 Å². The van der Waals surface area contributed by atoms with Crippen molar-refractivity contribution in [3.05, 3.63) is 167 Å². The van der Waals surface area contributed by atoms with Gasteiger partial charge in [-0.25, -0.2) is 0 Å². The molecule has 0 atom stereocenters. The first-order valence-electron chi connectivity index (χ1n) is 33.1. The minimum Gasteiger partial charge on any atom is -0.309 e. The molecule has 0 radical (unpaired) electrons. The van der Waals surface area contributed by atoms with E-state index in [1.807, 2.05) is 0 Å². The summed E-state index contributed by atoms with van der Waals surface area (Å²) in [7, 11) is 22.1. The normalized spacial score (nSPS) is 13.0. The van der Waals surface area contributed by atoms with Gasteiger partial charge in [0.2, 0.25) is 0 Å². The molecule has 2 nitrogen and oxygen atoms in total. The summed E-state index contributed by atoms with van der Waals surface area (Å²) in [5, 5.41) is 5.09. The third-order valence-electron chi connectivity index (χ3n) is 21.1. The Balaban J connectivity index is 1.17. The zero-order valence-corrected chi connectivity index (χ0v) is 59.3. The molecule has 0 aliphatic heterocycles. The first kappa shape index (κ1) is 63.8. The third-order valence-corrected chi connectivity index (χ3v) is 21.1. The molecule has 89 heavy (non-hydrogen) atoms. The lowest BCUT2D eigenvalue weighted by Gasteiger charge is -2.32. The molecule has 0 unspecified atom stereocenters. The molecule has 0 fully saturated rings. The summed E-state index contributed by atoms with van der Waals surface area (Å²) in [5.74, 6) is 0. The van der Waals surface area contributed by atoms with Crippen LogP contribution in [0.15, 0.2) is 133 Å². The maximum Gasteiger partial charge on any atom is 0.167 e. The van der Waals surface area contributed by atoms with Crippen molar-refractivity contribution >= 4 is 176 Å². The van der Waals surface area contributed by atoms with Crippen LogP contribution in [0.25, 0.3) is 88.4 Å². The van der Waals surface area contributed by atoms with Gasteiger partial charge in [-0.3, -0.25) is 0 Å². The zero-order valence-electron chi connectivity index (χ0n) is 59.3. The van der Waals surface area contributed by atoms with Gasteiger partial charge in [0.15, 0.2) is 7.28 Å². The standard InChI is InChI=1S/C77H92B10N2/c1-72(2,3)41-34-42(73(4,5)6)37-45(36-41)89-52-30-22-27-49(56(52)60-54(89)33-32-47(61(60)76(13,14)15)40-24-19-18-20-25-40)58-64(80)68(84)70(86)71(65(58)81)87-77(16,17)44-35-43(74(7,8)9)38-46(39-44)88-51-29-21-26-48(57-62(78)66(82)69(85)67(83)63(57)79)55(51)59-50(75(10,11)12)28-23-31-53(59)88/h18-39,87H,78-86H2,1-17H3. The van der Waals surface area contributed by atoms with Crippen LogP contribution in [0.3, 0.4) is 0 Å². The summed E-state index contributed by atoms with van der Waals surface area (Å²) >= 11 is 0. The number of aromatic nitrogens is 2. The molecule has 0 saturated heterocycles. The van der Waals surface area contributed by atoms with Crippen LogP contribution in [-0.2, 0) is 32.4 Å². The predicted molar refractivity (Wildman–Crippen MR) is 425 cm³/mol. The molecule has 0 amide bonds. The minimum absolute atomic E-state index is 0.0469. The fourth-order valence-electron chi connectivity index (χ4n) is 15.2. The van der Waals surface area contributed by atoms with Gasteiger partial charge in [0.05, 0.1) is 22.1 Å².